The van der Waals surface area contributed by atoms with E-state index in [0.717, 1.165) is 45.9 Å². The van der Waals surface area contributed by atoms with Crippen molar-refractivity contribution in [2.75, 3.05) is 0 Å². The van der Waals surface area contributed by atoms with Crippen molar-refractivity contribution >= 4 is 21.8 Å². The Morgan fingerprint density at radius 2 is 1.54 bits per heavy atom. The summed E-state index contributed by atoms with van der Waals surface area (Å²) in [6.07, 6.45) is 7.43. The van der Waals surface area contributed by atoms with Gasteiger partial charge in [0.2, 0.25) is 0 Å². The van der Waals surface area contributed by atoms with E-state index in [9.17, 15) is 4.39 Å². The first-order valence-electron chi connectivity index (χ1n) is 15.3. The molecule has 0 bridgehead atoms. The van der Waals surface area contributed by atoms with Gasteiger partial charge in [-0.2, -0.15) is 17.2 Å². The summed E-state index contributed by atoms with van der Waals surface area (Å²) in [6, 6.07) is 27.2. The predicted molar refractivity (Wildman–Crippen MR) is 178 cm³/mol. The van der Waals surface area contributed by atoms with E-state index in [1.807, 2.05) is 70.0 Å². The first-order chi connectivity index (χ1) is 21.9. The zero-order valence-electron chi connectivity index (χ0n) is 26.4. The first kappa shape index (κ1) is 31.4. The minimum atomic E-state index is -0.351. The van der Waals surface area contributed by atoms with Gasteiger partial charge in [0.1, 0.15) is 11.6 Å². The third-order valence-electron chi connectivity index (χ3n) is 8.93. The molecule has 7 rings (SSSR count). The molecule has 3 aromatic heterocycles. The van der Waals surface area contributed by atoms with Crippen LogP contribution < -0.4 is 4.74 Å². The van der Waals surface area contributed by atoms with Gasteiger partial charge in [0.05, 0.1) is 6.20 Å². The Balaban J connectivity index is 0.00000372. The fourth-order valence-electron chi connectivity index (χ4n) is 6.54. The summed E-state index contributed by atoms with van der Waals surface area (Å²) in [5.74, 6) is 1.19. The number of aromatic nitrogens is 4. The topological polar surface area (TPSA) is 44.9 Å². The van der Waals surface area contributed by atoms with Crippen LogP contribution in [0.1, 0.15) is 41.7 Å². The van der Waals surface area contributed by atoms with Gasteiger partial charge in [-0.1, -0.05) is 37.6 Å². The number of ether oxygens (including phenoxy) is 1. The van der Waals surface area contributed by atoms with Crippen LogP contribution in [0.3, 0.4) is 0 Å². The van der Waals surface area contributed by atoms with Crippen LogP contribution in [0, 0.1) is 38.7 Å². The molecule has 0 radical (unpaired) electrons. The Hall–Kier alpha value is -4.54. The second kappa shape index (κ2) is 12.7. The first-order valence-corrected chi connectivity index (χ1v) is 15.3. The van der Waals surface area contributed by atoms with Gasteiger partial charge < -0.3 is 9.30 Å². The summed E-state index contributed by atoms with van der Waals surface area (Å²) in [5.41, 5.74) is 11.7. The molecule has 4 aromatic carbocycles. The summed E-state index contributed by atoms with van der Waals surface area (Å²) in [5, 5.41) is 6.75. The van der Waals surface area contributed by atoms with Gasteiger partial charge in [-0.15, -0.1) is 35.7 Å². The second-order valence-corrected chi connectivity index (χ2v) is 11.4. The largest absolute Gasteiger partial charge is 2.00 e. The van der Waals surface area contributed by atoms with Gasteiger partial charge in [-0.3, -0.25) is 4.68 Å². The number of halogens is 1. The molecule has 232 valence electrons. The van der Waals surface area contributed by atoms with Crippen LogP contribution in [0.5, 0.6) is 11.5 Å². The van der Waals surface area contributed by atoms with Crippen molar-refractivity contribution in [1.82, 2.24) is 19.3 Å². The molecule has 3 heterocycles. The fourth-order valence-corrected chi connectivity index (χ4v) is 6.54. The molecule has 5 nitrogen and oxygen atoms in total. The van der Waals surface area contributed by atoms with Crippen molar-refractivity contribution < 1.29 is 30.2 Å². The van der Waals surface area contributed by atoms with E-state index in [0.29, 0.717) is 17.3 Å². The van der Waals surface area contributed by atoms with E-state index in [-0.39, 0.29) is 26.9 Å². The molecule has 0 aliphatic carbocycles. The molecular formula is C39H33FN4OPt. The third-order valence-corrected chi connectivity index (χ3v) is 8.93. The Morgan fingerprint density at radius 1 is 0.804 bits per heavy atom. The molecule has 0 aliphatic heterocycles. The summed E-state index contributed by atoms with van der Waals surface area (Å²) < 4.78 is 24.3. The van der Waals surface area contributed by atoms with E-state index in [2.05, 4.69) is 57.9 Å². The number of benzene rings is 4. The van der Waals surface area contributed by atoms with Crippen molar-refractivity contribution in [3.8, 4) is 34.1 Å². The zero-order chi connectivity index (χ0) is 31.2. The van der Waals surface area contributed by atoms with E-state index in [4.69, 9.17) is 9.84 Å². The van der Waals surface area contributed by atoms with Crippen LogP contribution >= 0.6 is 0 Å². The quantitative estimate of drug-likeness (QED) is 0.151. The van der Waals surface area contributed by atoms with Gasteiger partial charge in [-0.05, 0) is 90.2 Å². The standard InChI is InChI=1S/C39H33FN4O.Pt/c1-6-32-25(4)24(3)26(5)33(7-2)39(32)27-22-42-43(23-27)29-11-10-12-30(20-29)45-31-15-16-35-34-13-8-9-14-36(34)44(37(35)21-31)38-19-28(40)17-18-41-38;/h8-19,22-23H,6-7H2,1-5H3;/q-2;+2. The number of hydrogen-bond acceptors (Lipinski definition) is 3. The molecule has 0 fully saturated rings. The number of para-hydroxylation sites is 1. The normalized spacial score (nSPS) is 11.3. The summed E-state index contributed by atoms with van der Waals surface area (Å²) in [4.78, 5) is 4.45. The van der Waals surface area contributed by atoms with Crippen molar-refractivity contribution in [2.24, 2.45) is 0 Å². The molecule has 0 unspecified atom stereocenters. The maximum absolute atomic E-state index is 14.2. The average Bonchev–Trinajstić information content (AvgIpc) is 3.67. The molecule has 0 atom stereocenters. The van der Waals surface area contributed by atoms with Crippen LogP contribution in [-0.4, -0.2) is 19.3 Å². The van der Waals surface area contributed by atoms with Crippen LogP contribution in [-0.2, 0) is 33.9 Å². The summed E-state index contributed by atoms with van der Waals surface area (Å²) in [6.45, 7) is 11.1. The second-order valence-electron chi connectivity index (χ2n) is 11.4. The summed E-state index contributed by atoms with van der Waals surface area (Å²) in [7, 11) is 0. The number of rotatable bonds is 7. The molecule has 7 aromatic rings. The monoisotopic (exact) mass is 787 g/mol. The van der Waals surface area contributed by atoms with Gasteiger partial charge in [0.15, 0.2) is 0 Å². The van der Waals surface area contributed by atoms with Gasteiger partial charge in [0, 0.05) is 41.0 Å². The summed E-state index contributed by atoms with van der Waals surface area (Å²) >= 11 is 0. The van der Waals surface area contributed by atoms with Crippen molar-refractivity contribution in [3.63, 3.8) is 0 Å². The van der Waals surface area contributed by atoms with Crippen molar-refractivity contribution in [3.05, 3.63) is 131 Å². The molecular weight excluding hydrogens is 755 g/mol. The number of pyridine rings is 1. The molecule has 0 saturated carbocycles. The number of nitrogens with zero attached hydrogens (tertiary/aromatic N) is 4. The zero-order valence-corrected chi connectivity index (χ0v) is 28.7. The molecule has 0 N–H and O–H groups in total. The van der Waals surface area contributed by atoms with E-state index < -0.39 is 0 Å². The average molecular weight is 788 g/mol. The van der Waals surface area contributed by atoms with Crippen LogP contribution in [0.25, 0.3) is 44.4 Å². The van der Waals surface area contributed by atoms with Crippen molar-refractivity contribution in [1.29, 1.82) is 0 Å². The number of hydrogen-bond donors (Lipinski definition) is 0. The fraction of sp³-hybridized carbons (Fsp3) is 0.179. The van der Waals surface area contributed by atoms with Gasteiger partial charge >= 0.3 is 21.1 Å². The molecule has 46 heavy (non-hydrogen) atoms. The maximum atomic E-state index is 14.2. The third kappa shape index (κ3) is 5.35. The smallest absolute Gasteiger partial charge is 0.509 e. The minimum Gasteiger partial charge on any atom is -0.509 e. The Kier molecular flexibility index (Phi) is 8.67. The SMILES string of the molecule is CCc1c(C)c(C)c(C)c(CC)c1-c1cnn(-c2[c-]c(Oc3[c-]c4c(cc3)c3ccccc3n4-c3cc(F)ccn3)ccc2)c1.[Pt+2]. The van der Waals surface area contributed by atoms with Crippen LogP contribution in [0.4, 0.5) is 4.39 Å². The molecule has 7 heteroatoms. The molecule has 0 aliphatic rings. The van der Waals surface area contributed by atoms with E-state index >= 15 is 0 Å². The van der Waals surface area contributed by atoms with E-state index in [1.165, 1.54) is 51.7 Å². The molecule has 0 amide bonds. The number of fused-ring (bicyclic) bond motifs is 3. The Bertz CT molecular complexity index is 2200. The van der Waals surface area contributed by atoms with Gasteiger partial charge in [0.25, 0.3) is 0 Å². The predicted octanol–water partition coefficient (Wildman–Crippen LogP) is 9.61. The maximum Gasteiger partial charge on any atom is 2.00 e. The molecule has 0 spiro atoms. The Morgan fingerprint density at radius 3 is 2.28 bits per heavy atom. The van der Waals surface area contributed by atoms with E-state index in [1.54, 1.807) is 0 Å². The van der Waals surface area contributed by atoms with Crippen molar-refractivity contribution in [2.45, 2.75) is 47.5 Å². The van der Waals surface area contributed by atoms with Crippen LogP contribution in [0.2, 0.25) is 0 Å². The Labute approximate surface area is 282 Å². The van der Waals surface area contributed by atoms with Gasteiger partial charge in [-0.25, -0.2) is 9.37 Å². The van der Waals surface area contributed by atoms with Crippen LogP contribution in [0.15, 0.2) is 85.3 Å². The minimum absolute atomic E-state index is 0. The molecule has 0 saturated heterocycles.